The van der Waals surface area contributed by atoms with Gasteiger partial charge in [-0.05, 0) is 170 Å². The minimum absolute atomic E-state index is 0. The Labute approximate surface area is 612 Å². The van der Waals surface area contributed by atoms with Gasteiger partial charge in [0.25, 0.3) is 0 Å². The average molecular weight is 1440 g/mol. The number of ether oxygens (including phenoxy) is 2. The molecule has 0 saturated carbocycles. The number of carbonyl (C=O) groups excluding carboxylic acids is 1. The zero-order valence-electron chi connectivity index (χ0n) is 61.6. The number of rotatable bonds is 16. The minimum atomic E-state index is -0.640. The summed E-state index contributed by atoms with van der Waals surface area (Å²) in [4.78, 5) is 37.1. The number of nitro benzene ring substituents is 2. The molecular weight excluding hydrogens is 1340 g/mol. The van der Waals surface area contributed by atoms with Crippen molar-refractivity contribution in [2.45, 2.75) is 151 Å². The molecule has 0 saturated heterocycles. The molecule has 20 heteroatoms. The van der Waals surface area contributed by atoms with Crippen LogP contribution in [-0.2, 0) is 32.3 Å². The van der Waals surface area contributed by atoms with Crippen molar-refractivity contribution in [1.82, 2.24) is 4.58 Å². The van der Waals surface area contributed by atoms with E-state index in [1.54, 1.807) is 36.4 Å². The molecule has 19 nitrogen and oxygen atoms in total. The van der Waals surface area contributed by atoms with Crippen molar-refractivity contribution in [3.05, 3.63) is 234 Å². The molecule has 9 aromatic carbocycles. The Morgan fingerprint density at radius 3 is 1.79 bits per heavy atom. The number of likely N-dealkylation sites (N-methyl/N-ethyl adjacent to an activating group) is 2. The Morgan fingerprint density at radius 2 is 1.19 bits per heavy atom. The van der Waals surface area contributed by atoms with Crippen LogP contribution in [0.5, 0.6) is 34.5 Å². The van der Waals surface area contributed by atoms with Crippen molar-refractivity contribution >= 4 is 78.4 Å². The molecule has 3 aliphatic heterocycles. The van der Waals surface area contributed by atoms with Gasteiger partial charge in [-0.2, -0.15) is 10.2 Å². The van der Waals surface area contributed by atoms with Crippen LogP contribution in [0.3, 0.4) is 0 Å². The second-order valence-electron chi connectivity index (χ2n) is 28.1. The van der Waals surface area contributed by atoms with Crippen LogP contribution in [-0.4, -0.2) is 74.1 Å². The van der Waals surface area contributed by atoms with Gasteiger partial charge in [0.15, 0.2) is 5.54 Å². The minimum Gasteiger partial charge on any atom is -0.508 e. The normalized spacial score (nSPS) is 14.0. The Balaban J connectivity index is 0.000000196. The number of phenolic OH excluding ortho intramolecular Hbond substituents is 4. The summed E-state index contributed by atoms with van der Waals surface area (Å²) in [5, 5.41) is 83.1. The second-order valence-corrected chi connectivity index (χ2v) is 28.1. The molecule has 0 atom stereocenters. The molecule has 0 unspecified atom stereocenters. The van der Waals surface area contributed by atoms with Crippen LogP contribution in [0.2, 0.25) is 0 Å². The molecule has 4 N–H and O–H groups in total. The van der Waals surface area contributed by atoms with Gasteiger partial charge in [-0.3, -0.25) is 20.2 Å². The van der Waals surface area contributed by atoms with Crippen LogP contribution in [0.1, 0.15) is 173 Å². The van der Waals surface area contributed by atoms with E-state index >= 15 is 0 Å². The first kappa shape index (κ1) is 78.2. The molecule has 539 valence electrons. The second kappa shape index (κ2) is 32.2. The molecule has 0 spiro atoms. The molecule has 9 aromatic rings. The topological polar surface area (TPSA) is 258 Å². The number of unbranched alkanes of at least 4 members (excludes halogenated alkanes) is 1. The van der Waals surface area contributed by atoms with E-state index in [4.69, 9.17) is 14.6 Å². The van der Waals surface area contributed by atoms with E-state index in [9.17, 15) is 40.3 Å². The summed E-state index contributed by atoms with van der Waals surface area (Å²) in [6.45, 7) is 34.0. The molecule has 3 aliphatic rings. The first-order valence-electron chi connectivity index (χ1n) is 34.6. The number of hydrogen-bond donors (Lipinski definition) is 4. The summed E-state index contributed by atoms with van der Waals surface area (Å²) >= 11 is 0. The van der Waals surface area contributed by atoms with E-state index in [1.807, 2.05) is 108 Å². The maximum Gasteiger partial charge on any atom is 0.338 e. The Kier molecular flexibility index (Phi) is 24.4. The summed E-state index contributed by atoms with van der Waals surface area (Å²) in [6, 6.07) is 46.8. The SMILES string of the molecule is CCC(C)(C)c1cc(N=NC)c(O)c([N+](=O)[O-])c1.CCC(C)(C)c1cc(N=Nc2c(O)ccc3ccccc23)c(O)c([N+](=O)[O-])c1.CCCCOC(=O)c1ccccc1C1=c2cc3c(cc2Oc2cc4c(cc21)C(C)=CC(C)(C)N4CC)=[N+](CC)C(C)(C)C=C3C.Oc1ccc2ccccc2c1.[Co]. The first-order chi connectivity index (χ1) is 48.3. The third-order valence-corrected chi connectivity index (χ3v) is 19.6. The molecule has 0 fully saturated rings. The number of phenols is 4. The van der Waals surface area contributed by atoms with Gasteiger partial charge in [-0.1, -0.05) is 140 Å². The predicted octanol–water partition coefficient (Wildman–Crippen LogP) is 20.2. The van der Waals surface area contributed by atoms with E-state index in [0.29, 0.717) is 28.9 Å². The van der Waals surface area contributed by atoms with Crippen LogP contribution < -0.4 is 24.8 Å². The van der Waals surface area contributed by atoms with E-state index in [2.05, 4.69) is 135 Å². The van der Waals surface area contributed by atoms with Crippen LogP contribution in [0.15, 0.2) is 184 Å². The van der Waals surface area contributed by atoms with Crippen LogP contribution >= 0.6 is 0 Å². The number of nitro groups is 2. The van der Waals surface area contributed by atoms with Crippen LogP contribution in [0.4, 0.5) is 34.1 Å². The third kappa shape index (κ3) is 16.7. The van der Waals surface area contributed by atoms with Gasteiger partial charge in [0.2, 0.25) is 16.9 Å². The first-order valence-corrected chi connectivity index (χ1v) is 34.6. The maximum absolute atomic E-state index is 13.6. The molecule has 1 radical (unpaired) electrons. The molecular formula is C83H93CoN8O11+. The van der Waals surface area contributed by atoms with Gasteiger partial charge >= 0.3 is 17.3 Å². The molecule has 12 rings (SSSR count). The molecule has 103 heavy (non-hydrogen) atoms. The molecule has 0 bridgehead atoms. The molecule has 0 aliphatic carbocycles. The number of nitrogens with zero attached hydrogens (tertiary/aromatic N) is 8. The van der Waals surface area contributed by atoms with E-state index in [0.717, 1.165) is 93.9 Å². The van der Waals surface area contributed by atoms with Crippen molar-refractivity contribution in [2.75, 3.05) is 31.6 Å². The van der Waals surface area contributed by atoms with Gasteiger partial charge in [-0.15, -0.1) is 10.2 Å². The number of aromatic hydroxyl groups is 4. The number of carbonyl (C=O) groups is 1. The van der Waals surface area contributed by atoms with Crippen molar-refractivity contribution in [1.29, 1.82) is 0 Å². The summed E-state index contributed by atoms with van der Waals surface area (Å²) in [5.41, 5.74) is 9.68. The quantitative estimate of drug-likeness (QED) is 0.0176. The largest absolute Gasteiger partial charge is 0.508 e. The van der Waals surface area contributed by atoms with E-state index in [-0.39, 0.29) is 73.2 Å². The predicted molar refractivity (Wildman–Crippen MR) is 408 cm³/mol. The number of hydrogen-bond acceptors (Lipinski definition) is 16. The molecule has 3 heterocycles. The van der Waals surface area contributed by atoms with Crippen molar-refractivity contribution in [3.8, 4) is 34.5 Å². The number of fused-ring (bicyclic) bond motifs is 6. The number of esters is 1. The fourth-order valence-corrected chi connectivity index (χ4v) is 13.3. The average Bonchev–Trinajstić information content (AvgIpc) is 0.718. The number of allylic oxidation sites excluding steroid dienone is 2. The van der Waals surface area contributed by atoms with E-state index < -0.39 is 27.0 Å². The van der Waals surface area contributed by atoms with Crippen LogP contribution in [0.25, 0.3) is 38.3 Å². The van der Waals surface area contributed by atoms with Crippen molar-refractivity contribution in [2.24, 2.45) is 20.5 Å². The van der Waals surface area contributed by atoms with Crippen LogP contribution in [0, 0.1) is 20.2 Å². The number of azo groups is 2. The third-order valence-electron chi connectivity index (χ3n) is 19.6. The summed E-state index contributed by atoms with van der Waals surface area (Å²) in [7, 11) is 1.45. The standard InChI is InChI=1S/C40H47N2O3.C21H21N3O4.C12H17N3O3.C10H8O.Co/c1-10-13-18-44-38(43)28-17-15-14-16-27(28)37-31-19-29-25(4)23-39(6,7)41(11-2)33(29)21-35(31)45-36-22-34-30(20-32(36)37)26(5)24-40(8,9)42(34)12-3;1-4-21(2,3)14-11-16(20(26)17(12-14)24(27)28)22-23-19-15-8-6-5-7-13(15)9-10-18(19)25;1-5-12(2,3)8-6-9(14-13-4)11(16)10(7-8)15(17)18;11-10-6-5-8-3-1-2-4-9(8)7-10;/h14-17,19-24H,10-13,18H2,1-9H3;5-12,25-26H,4H2,1-3H3;6-7,16H,5H2,1-4H3;1-7,11H;/q+1;;;;. The Morgan fingerprint density at radius 1 is 0.621 bits per heavy atom. The van der Waals surface area contributed by atoms with Gasteiger partial charge < -0.3 is 34.8 Å². The Bertz CT molecular complexity index is 5010. The zero-order valence-corrected chi connectivity index (χ0v) is 62.6. The maximum atomic E-state index is 13.6. The molecule has 0 aromatic heterocycles. The van der Waals surface area contributed by atoms with Gasteiger partial charge in [0, 0.05) is 101 Å². The summed E-state index contributed by atoms with van der Waals surface area (Å²) in [6.07, 6.45) is 8.08. The Hall–Kier alpha value is -10.6. The number of anilines is 1. The monoisotopic (exact) mass is 1440 g/mol. The fourth-order valence-electron chi connectivity index (χ4n) is 13.3. The fraction of sp³-hybridized carbons (Fsp3) is 0.325. The zero-order chi connectivity index (χ0) is 74.3. The molecule has 0 amide bonds. The van der Waals surface area contributed by atoms with Crippen molar-refractivity contribution in [3.63, 3.8) is 0 Å². The number of benzene rings is 9. The van der Waals surface area contributed by atoms with Gasteiger partial charge in [-0.25, -0.2) is 9.37 Å². The van der Waals surface area contributed by atoms with Crippen molar-refractivity contribution < 1.29 is 61.3 Å². The smallest absolute Gasteiger partial charge is 0.338 e. The summed E-state index contributed by atoms with van der Waals surface area (Å²) < 4.78 is 15.1. The summed E-state index contributed by atoms with van der Waals surface area (Å²) in [5.74, 6) is 0.581. The van der Waals surface area contributed by atoms with Gasteiger partial charge in [0.1, 0.15) is 46.6 Å². The van der Waals surface area contributed by atoms with Gasteiger partial charge in [0.05, 0.1) is 33.6 Å². The van der Waals surface area contributed by atoms with E-state index in [1.165, 1.54) is 58.6 Å².